The molecule has 0 spiro atoms. The summed E-state index contributed by atoms with van der Waals surface area (Å²) in [5.41, 5.74) is 1.22. The zero-order valence-electron chi connectivity index (χ0n) is 16.3. The topological polar surface area (TPSA) is 39.2 Å². The van der Waals surface area contributed by atoms with Crippen molar-refractivity contribution in [2.24, 2.45) is 0 Å². The number of likely N-dealkylation sites (N-methyl/N-ethyl adjacent to an activating group) is 1. The van der Waals surface area contributed by atoms with E-state index in [9.17, 15) is 5.11 Å². The van der Waals surface area contributed by atoms with Gasteiger partial charge in [-0.3, -0.25) is 4.90 Å². The van der Waals surface area contributed by atoms with Crippen molar-refractivity contribution in [3.8, 4) is 5.75 Å². The molecule has 2 heterocycles. The number of β-amino-alcohol motifs (C(OH)–C–C–N with tert-alkyl or cyclic N) is 1. The predicted molar refractivity (Wildman–Crippen MR) is 106 cm³/mol. The third kappa shape index (κ3) is 6.23. The molecule has 5 heteroatoms. The van der Waals surface area contributed by atoms with Crippen LogP contribution in [0.5, 0.6) is 5.75 Å². The van der Waals surface area contributed by atoms with E-state index in [1.54, 1.807) is 0 Å². The van der Waals surface area contributed by atoms with Crippen molar-refractivity contribution in [3.63, 3.8) is 0 Å². The van der Waals surface area contributed by atoms with E-state index in [0.717, 1.165) is 51.6 Å². The second kappa shape index (κ2) is 10.3. The number of hydrogen-bond acceptors (Lipinski definition) is 5. The summed E-state index contributed by atoms with van der Waals surface area (Å²) >= 11 is 0. The Kier molecular flexibility index (Phi) is 7.74. The Morgan fingerprint density at radius 2 is 1.69 bits per heavy atom. The molecule has 0 amide bonds. The molecule has 0 unspecified atom stereocenters. The lowest BCUT2D eigenvalue weighted by molar-refractivity contribution is 0.0611. The molecule has 0 aliphatic carbocycles. The highest BCUT2D eigenvalue weighted by Crippen LogP contribution is 2.21. The van der Waals surface area contributed by atoms with Gasteiger partial charge >= 0.3 is 0 Å². The van der Waals surface area contributed by atoms with E-state index in [2.05, 4.69) is 33.9 Å². The van der Waals surface area contributed by atoms with Gasteiger partial charge in [0.1, 0.15) is 18.5 Å². The number of benzene rings is 1. The van der Waals surface area contributed by atoms with Gasteiger partial charge in [0.05, 0.1) is 0 Å². The van der Waals surface area contributed by atoms with Gasteiger partial charge in [-0.1, -0.05) is 24.6 Å². The van der Waals surface area contributed by atoms with Crippen molar-refractivity contribution in [2.45, 2.75) is 38.3 Å². The Hall–Kier alpha value is -1.14. The Bertz CT molecular complexity index is 534. The Balaban J connectivity index is 1.50. The number of aliphatic hydroxyl groups excluding tert-OH is 1. The lowest BCUT2D eigenvalue weighted by atomic mass is 10.1. The third-order valence-corrected chi connectivity index (χ3v) is 5.53. The first-order chi connectivity index (χ1) is 12.7. The highest BCUT2D eigenvalue weighted by atomic mass is 16.5. The number of rotatable bonds is 7. The number of aliphatic hydroxyl groups is 1. The standard InChI is InChI=1S/C21H35N3O2/c1-22-10-7-13-24(15-14-22)16-19-8-3-4-9-21(19)26-18-20(25)17-23-11-5-2-6-12-23/h3-4,8-9,20,25H,2,5-7,10-18H2,1H3/t20-/m1/s1. The summed E-state index contributed by atoms with van der Waals surface area (Å²) < 4.78 is 6.02. The molecule has 0 aromatic heterocycles. The average molecular weight is 362 g/mol. The Labute approximate surface area is 158 Å². The van der Waals surface area contributed by atoms with E-state index in [-0.39, 0.29) is 0 Å². The molecular weight excluding hydrogens is 326 g/mol. The molecule has 0 radical (unpaired) electrons. The first-order valence-electron chi connectivity index (χ1n) is 10.2. The van der Waals surface area contributed by atoms with Crippen LogP contribution in [0.1, 0.15) is 31.2 Å². The Morgan fingerprint density at radius 3 is 2.54 bits per heavy atom. The minimum absolute atomic E-state index is 0.371. The largest absolute Gasteiger partial charge is 0.491 e. The summed E-state index contributed by atoms with van der Waals surface area (Å²) in [6.45, 7) is 8.77. The van der Waals surface area contributed by atoms with Crippen LogP contribution in [-0.4, -0.2) is 85.4 Å². The van der Waals surface area contributed by atoms with Crippen LogP contribution < -0.4 is 4.74 Å². The van der Waals surface area contributed by atoms with E-state index < -0.39 is 6.10 Å². The average Bonchev–Trinajstić information content (AvgIpc) is 2.86. The predicted octanol–water partition coefficient (Wildman–Crippen LogP) is 2.05. The number of hydrogen-bond donors (Lipinski definition) is 1. The third-order valence-electron chi connectivity index (χ3n) is 5.53. The molecule has 3 rings (SSSR count). The van der Waals surface area contributed by atoms with Crippen LogP contribution >= 0.6 is 0 Å². The van der Waals surface area contributed by atoms with Gasteiger partial charge in [0, 0.05) is 31.7 Å². The maximum atomic E-state index is 10.4. The maximum Gasteiger partial charge on any atom is 0.123 e. The number of nitrogens with zero attached hydrogens (tertiary/aromatic N) is 3. The SMILES string of the molecule is CN1CCCN(Cc2ccccc2OC[C@H](O)CN2CCCCC2)CC1. The summed E-state index contributed by atoms with van der Waals surface area (Å²) in [5, 5.41) is 10.4. The smallest absolute Gasteiger partial charge is 0.123 e. The molecule has 1 atom stereocenters. The molecule has 1 N–H and O–H groups in total. The molecule has 26 heavy (non-hydrogen) atoms. The van der Waals surface area contributed by atoms with Crippen LogP contribution in [0.15, 0.2) is 24.3 Å². The van der Waals surface area contributed by atoms with Gasteiger partial charge in [0.25, 0.3) is 0 Å². The fourth-order valence-electron chi connectivity index (χ4n) is 3.95. The molecule has 146 valence electrons. The van der Waals surface area contributed by atoms with E-state index >= 15 is 0 Å². The molecule has 0 saturated carbocycles. The molecule has 2 aliphatic heterocycles. The first kappa shape index (κ1) is 19.6. The monoisotopic (exact) mass is 361 g/mol. The molecule has 2 saturated heterocycles. The number of para-hydroxylation sites is 1. The number of ether oxygens (including phenoxy) is 1. The Morgan fingerprint density at radius 1 is 0.923 bits per heavy atom. The van der Waals surface area contributed by atoms with Gasteiger partial charge in [0.2, 0.25) is 0 Å². The number of piperidine rings is 1. The fourth-order valence-corrected chi connectivity index (χ4v) is 3.95. The fraction of sp³-hybridized carbons (Fsp3) is 0.714. The molecule has 1 aromatic carbocycles. The molecule has 2 aliphatic rings. The molecule has 0 bridgehead atoms. The second-order valence-corrected chi connectivity index (χ2v) is 7.87. The first-order valence-corrected chi connectivity index (χ1v) is 10.2. The summed E-state index contributed by atoms with van der Waals surface area (Å²) in [5.74, 6) is 0.919. The zero-order chi connectivity index (χ0) is 18.2. The van der Waals surface area contributed by atoms with Gasteiger partial charge in [-0.25, -0.2) is 0 Å². The highest BCUT2D eigenvalue weighted by Gasteiger charge is 2.17. The van der Waals surface area contributed by atoms with Crippen molar-refractivity contribution in [1.29, 1.82) is 0 Å². The summed E-state index contributed by atoms with van der Waals surface area (Å²) in [6, 6.07) is 8.29. The lowest BCUT2D eigenvalue weighted by Gasteiger charge is -2.28. The van der Waals surface area contributed by atoms with Crippen molar-refractivity contribution >= 4 is 0 Å². The summed E-state index contributed by atoms with van der Waals surface area (Å²) in [6.07, 6.45) is 4.62. The van der Waals surface area contributed by atoms with Crippen molar-refractivity contribution < 1.29 is 9.84 Å². The molecule has 1 aromatic rings. The van der Waals surface area contributed by atoms with E-state index in [4.69, 9.17) is 4.74 Å². The van der Waals surface area contributed by atoms with Gasteiger partial charge in [-0.05, 0) is 58.6 Å². The van der Waals surface area contributed by atoms with E-state index in [0.29, 0.717) is 6.61 Å². The quantitative estimate of drug-likeness (QED) is 0.805. The van der Waals surface area contributed by atoms with Crippen LogP contribution in [0, 0.1) is 0 Å². The minimum atomic E-state index is -0.423. The van der Waals surface area contributed by atoms with Crippen molar-refractivity contribution in [1.82, 2.24) is 14.7 Å². The number of likely N-dealkylation sites (tertiary alicyclic amines) is 1. The summed E-state index contributed by atoms with van der Waals surface area (Å²) in [4.78, 5) is 7.27. The van der Waals surface area contributed by atoms with Crippen molar-refractivity contribution in [2.75, 3.05) is 59.5 Å². The normalized spacial score (nSPS) is 22.1. The molecule has 2 fully saturated rings. The minimum Gasteiger partial charge on any atom is -0.491 e. The van der Waals surface area contributed by atoms with Crippen LogP contribution in [0.4, 0.5) is 0 Å². The lowest BCUT2D eigenvalue weighted by Crippen LogP contribution is -2.38. The second-order valence-electron chi connectivity index (χ2n) is 7.87. The zero-order valence-corrected chi connectivity index (χ0v) is 16.3. The van der Waals surface area contributed by atoms with Crippen molar-refractivity contribution in [3.05, 3.63) is 29.8 Å². The highest BCUT2D eigenvalue weighted by molar-refractivity contribution is 5.33. The van der Waals surface area contributed by atoms with Gasteiger partial charge < -0.3 is 19.6 Å². The van der Waals surface area contributed by atoms with E-state index in [1.807, 2.05) is 12.1 Å². The van der Waals surface area contributed by atoms with Gasteiger partial charge in [0.15, 0.2) is 0 Å². The van der Waals surface area contributed by atoms with Gasteiger partial charge in [-0.15, -0.1) is 0 Å². The summed E-state index contributed by atoms with van der Waals surface area (Å²) in [7, 11) is 2.20. The van der Waals surface area contributed by atoms with Crippen LogP contribution in [0.25, 0.3) is 0 Å². The molecule has 5 nitrogen and oxygen atoms in total. The maximum absolute atomic E-state index is 10.4. The molecular formula is C21H35N3O2. The van der Waals surface area contributed by atoms with Crippen LogP contribution in [-0.2, 0) is 6.54 Å². The van der Waals surface area contributed by atoms with Crippen LogP contribution in [0.2, 0.25) is 0 Å². The van der Waals surface area contributed by atoms with Gasteiger partial charge in [-0.2, -0.15) is 0 Å². The van der Waals surface area contributed by atoms with Crippen LogP contribution in [0.3, 0.4) is 0 Å². The van der Waals surface area contributed by atoms with E-state index in [1.165, 1.54) is 37.8 Å².